The maximum atomic E-state index is 14.1. The molecule has 0 spiro atoms. The number of aromatic nitrogens is 4. The Morgan fingerprint density at radius 2 is 1.71 bits per heavy atom. The number of likely N-dealkylation sites (tertiary alicyclic amines) is 2. The molecule has 5 heterocycles. The fourth-order valence-corrected chi connectivity index (χ4v) is 9.56. The molecule has 3 aliphatic heterocycles. The molecule has 15 nitrogen and oxygen atoms in total. The summed E-state index contributed by atoms with van der Waals surface area (Å²) in [7, 11) is 2.59. The summed E-state index contributed by atoms with van der Waals surface area (Å²) in [5.74, 6) is 1.71. The number of ether oxygens (including phenoxy) is 3. The summed E-state index contributed by atoms with van der Waals surface area (Å²) >= 11 is 0. The third-order valence-corrected chi connectivity index (χ3v) is 12.8. The number of hydrogen-bond acceptors (Lipinski definition) is 9. The van der Waals surface area contributed by atoms with Crippen molar-refractivity contribution in [2.45, 2.75) is 96.1 Å². The van der Waals surface area contributed by atoms with Gasteiger partial charge in [-0.3, -0.25) is 9.59 Å². The van der Waals surface area contributed by atoms with Crippen LogP contribution in [0.1, 0.15) is 88.6 Å². The number of carbonyl (C=O) groups excluding carboxylic acids is 4. The zero-order valence-electron chi connectivity index (χ0n) is 35.6. The Hall–Kier alpha value is -6.64. The highest BCUT2D eigenvalue weighted by molar-refractivity contribution is 6.07. The van der Waals surface area contributed by atoms with Crippen LogP contribution in [0.2, 0.25) is 0 Å². The summed E-state index contributed by atoms with van der Waals surface area (Å²) in [6, 6.07) is 12.5. The summed E-state index contributed by atoms with van der Waals surface area (Å²) in [5, 5.41) is 7.45. The van der Waals surface area contributed by atoms with Gasteiger partial charge in [0.25, 0.3) is 5.91 Å². The van der Waals surface area contributed by atoms with Gasteiger partial charge in [-0.2, -0.15) is 0 Å². The van der Waals surface area contributed by atoms with Crippen molar-refractivity contribution >= 4 is 45.8 Å². The number of benzene rings is 3. The normalized spacial score (nSPS) is 20.4. The third kappa shape index (κ3) is 7.43. The molecule has 0 saturated carbocycles. The Balaban J connectivity index is 0.961. The SMILES string of the molecule is COC(=O)N[C@@H](C(=O)N1CCC[C@H]1c1nc2c(ccc3cc4c(cc32)OCc2cc(-c3cnc([C@@H]5CC[C@H](C)N5C(=O)[C@@H](NC(=O)OC)C(C)C)[nH]3)ccc2-4)[nH]1)C1=CCCC=C1. The highest BCUT2D eigenvalue weighted by atomic mass is 16.5. The highest BCUT2D eigenvalue weighted by Gasteiger charge is 2.42. The molecule has 2 aromatic heterocycles. The van der Waals surface area contributed by atoms with E-state index in [0.717, 1.165) is 99.6 Å². The molecule has 3 aromatic carbocycles. The Morgan fingerprint density at radius 3 is 2.48 bits per heavy atom. The number of fused-ring (bicyclic) bond motifs is 6. The van der Waals surface area contributed by atoms with Crippen LogP contribution in [0.4, 0.5) is 9.59 Å². The third-order valence-electron chi connectivity index (χ3n) is 12.8. The van der Waals surface area contributed by atoms with Crippen LogP contribution in [-0.2, 0) is 25.7 Å². The number of aromatic amines is 2. The van der Waals surface area contributed by atoms with Crippen molar-refractivity contribution in [1.29, 1.82) is 0 Å². The highest BCUT2D eigenvalue weighted by Crippen LogP contribution is 2.44. The van der Waals surface area contributed by atoms with E-state index in [4.69, 9.17) is 24.2 Å². The van der Waals surface area contributed by atoms with Crippen LogP contribution < -0.4 is 15.4 Å². The summed E-state index contributed by atoms with van der Waals surface area (Å²) in [6.45, 7) is 6.77. The number of hydrogen-bond donors (Lipinski definition) is 4. The second-order valence-corrected chi connectivity index (χ2v) is 17.0. The lowest BCUT2D eigenvalue weighted by atomic mass is 9.92. The average molecular weight is 841 g/mol. The van der Waals surface area contributed by atoms with Crippen LogP contribution in [0.3, 0.4) is 0 Å². The van der Waals surface area contributed by atoms with E-state index < -0.39 is 24.3 Å². The first-order valence-electron chi connectivity index (χ1n) is 21.5. The quantitative estimate of drug-likeness (QED) is 0.115. The first-order chi connectivity index (χ1) is 30.0. The van der Waals surface area contributed by atoms with Gasteiger partial charge >= 0.3 is 12.2 Å². The van der Waals surface area contributed by atoms with Crippen molar-refractivity contribution in [3.05, 3.63) is 89.7 Å². The number of imidazole rings is 2. The van der Waals surface area contributed by atoms with E-state index in [1.807, 2.05) is 61.1 Å². The zero-order valence-corrected chi connectivity index (χ0v) is 35.6. The average Bonchev–Trinajstić information content (AvgIpc) is 4.12. The Morgan fingerprint density at radius 1 is 0.887 bits per heavy atom. The van der Waals surface area contributed by atoms with E-state index in [1.165, 1.54) is 14.2 Å². The number of amides is 4. The Labute approximate surface area is 359 Å². The van der Waals surface area contributed by atoms with Crippen LogP contribution in [0.15, 0.2) is 72.5 Å². The largest absolute Gasteiger partial charge is 0.488 e. The van der Waals surface area contributed by atoms with Crippen LogP contribution in [0, 0.1) is 5.92 Å². The van der Waals surface area contributed by atoms with Gasteiger partial charge in [0.2, 0.25) is 5.91 Å². The minimum Gasteiger partial charge on any atom is -0.488 e. The predicted octanol–water partition coefficient (Wildman–Crippen LogP) is 7.76. The van der Waals surface area contributed by atoms with Gasteiger partial charge < -0.3 is 44.6 Å². The number of methoxy groups -OCH3 is 2. The lowest BCUT2D eigenvalue weighted by Gasteiger charge is -2.32. The van der Waals surface area contributed by atoms with Crippen molar-refractivity contribution in [1.82, 2.24) is 40.4 Å². The fraction of sp³-hybridized carbons (Fsp3) is 0.404. The van der Waals surface area contributed by atoms with E-state index in [0.29, 0.717) is 24.8 Å². The van der Waals surface area contributed by atoms with Crippen molar-refractivity contribution in [2.75, 3.05) is 20.8 Å². The summed E-state index contributed by atoms with van der Waals surface area (Å²) < 4.78 is 16.1. The van der Waals surface area contributed by atoms with Gasteiger partial charge in [0.05, 0.1) is 49.2 Å². The van der Waals surface area contributed by atoms with Crippen LogP contribution in [-0.4, -0.2) is 92.6 Å². The lowest BCUT2D eigenvalue weighted by Crippen LogP contribution is -2.52. The van der Waals surface area contributed by atoms with Crippen molar-refractivity contribution in [3.8, 4) is 28.1 Å². The number of H-pyrrole nitrogens is 2. The number of rotatable bonds is 9. The van der Waals surface area contributed by atoms with Crippen molar-refractivity contribution in [2.24, 2.45) is 5.92 Å². The van der Waals surface area contributed by atoms with Crippen molar-refractivity contribution in [3.63, 3.8) is 0 Å². The van der Waals surface area contributed by atoms with Gasteiger partial charge in [-0.15, -0.1) is 0 Å². The van der Waals surface area contributed by atoms with E-state index in [-0.39, 0.29) is 35.9 Å². The molecule has 4 amide bonds. The molecular formula is C47H52N8O7. The summed E-state index contributed by atoms with van der Waals surface area (Å²) in [4.78, 5) is 73.1. The molecule has 2 saturated heterocycles. The molecule has 0 bridgehead atoms. The molecule has 2 fully saturated rings. The van der Waals surface area contributed by atoms with E-state index in [1.54, 1.807) is 0 Å². The molecule has 62 heavy (non-hydrogen) atoms. The number of allylic oxidation sites excluding steroid dienone is 2. The first-order valence-corrected chi connectivity index (χ1v) is 21.5. The second kappa shape index (κ2) is 16.7. The summed E-state index contributed by atoms with van der Waals surface area (Å²) in [5.41, 5.74) is 7.33. The van der Waals surface area contributed by atoms with E-state index in [9.17, 15) is 19.2 Å². The second-order valence-electron chi connectivity index (χ2n) is 17.0. The molecule has 0 radical (unpaired) electrons. The number of alkyl carbamates (subject to hydrolysis) is 2. The predicted molar refractivity (Wildman–Crippen MR) is 233 cm³/mol. The molecule has 5 aromatic rings. The smallest absolute Gasteiger partial charge is 0.407 e. The fourth-order valence-electron chi connectivity index (χ4n) is 9.56. The molecule has 1 aliphatic carbocycles. The zero-order chi connectivity index (χ0) is 43.2. The van der Waals surface area contributed by atoms with Crippen LogP contribution in [0.25, 0.3) is 44.2 Å². The molecule has 15 heteroatoms. The topological polar surface area (TPSA) is 184 Å². The minimum absolute atomic E-state index is 0.0171. The van der Waals surface area contributed by atoms with Gasteiger partial charge in [-0.25, -0.2) is 19.6 Å². The van der Waals surface area contributed by atoms with Crippen molar-refractivity contribution < 1.29 is 33.4 Å². The molecule has 4 N–H and O–H groups in total. The van der Waals surface area contributed by atoms with Gasteiger partial charge in [0.1, 0.15) is 36.1 Å². The summed E-state index contributed by atoms with van der Waals surface area (Å²) in [6.07, 6.45) is 11.3. The molecule has 4 aliphatic rings. The number of nitrogens with one attached hydrogen (secondary N) is 4. The van der Waals surface area contributed by atoms with Gasteiger partial charge in [0, 0.05) is 23.5 Å². The molecule has 322 valence electrons. The van der Waals surface area contributed by atoms with E-state index in [2.05, 4.69) is 57.0 Å². The number of nitrogens with zero attached hydrogens (tertiary/aromatic N) is 4. The number of carbonyl (C=O) groups is 4. The monoisotopic (exact) mass is 840 g/mol. The lowest BCUT2D eigenvalue weighted by molar-refractivity contribution is -0.137. The molecule has 5 atom stereocenters. The van der Waals surface area contributed by atoms with Crippen LogP contribution in [0.5, 0.6) is 5.75 Å². The maximum Gasteiger partial charge on any atom is 0.407 e. The van der Waals surface area contributed by atoms with Gasteiger partial charge in [-0.1, -0.05) is 50.3 Å². The van der Waals surface area contributed by atoms with Crippen LogP contribution >= 0.6 is 0 Å². The first kappa shape index (κ1) is 40.7. The molecule has 9 rings (SSSR count). The molecular weight excluding hydrogens is 789 g/mol. The van der Waals surface area contributed by atoms with Gasteiger partial charge in [0.15, 0.2) is 0 Å². The Bertz CT molecular complexity index is 2640. The van der Waals surface area contributed by atoms with Gasteiger partial charge in [-0.05, 0) is 103 Å². The standard InChI is InChI=1S/C47H52N8O7/c1-25(2)39(52-46(58)60-4)45(57)55-26(3)13-18-37(55)42-48-23-35(50-42)29-14-16-31-30(20-29)24-62-38-22-32-28(21-33(31)38)15-17-34-41(32)51-43(49-34)36-12-9-19-54(36)44(56)40(53-47(59)61-5)27-10-7-6-8-11-27/h7,10-11,14-17,20-23,25-26,36-37,39-40H,6,8-9,12-13,18-19,24H2,1-5H3,(H,48,50)(H,49,51)(H,52,58)(H,53,59)/t26-,36-,37-,39-,40+/m0/s1. The minimum atomic E-state index is -0.852. The van der Waals surface area contributed by atoms with E-state index >= 15 is 0 Å². The maximum absolute atomic E-state index is 14.1. The molecule has 0 unspecified atom stereocenters. The Kier molecular flexibility index (Phi) is 11.0.